The maximum atomic E-state index is 9.25. The minimum Gasteiger partial charge on any atom is -0.328 e. The summed E-state index contributed by atoms with van der Waals surface area (Å²) in [6.45, 7) is 2.99. The summed E-state index contributed by atoms with van der Waals surface area (Å²) in [4.78, 5) is 9.25. The molecule has 0 atom stereocenters. The van der Waals surface area contributed by atoms with Crippen LogP contribution in [0.3, 0.4) is 0 Å². The highest BCUT2D eigenvalue weighted by Gasteiger charge is 2.33. The Balaban J connectivity index is 1.66. The third-order valence-corrected chi connectivity index (χ3v) is 5.38. The molecule has 0 aliphatic carbocycles. The molecule has 1 aromatic rings. The summed E-state index contributed by atoms with van der Waals surface area (Å²) in [6, 6.07) is 8.90. The van der Waals surface area contributed by atoms with Crippen molar-refractivity contribution in [3.05, 3.63) is 35.4 Å². The molecule has 0 spiro atoms. The minimum absolute atomic E-state index is 0.366. The lowest BCUT2D eigenvalue weighted by atomic mass is 9.93. The van der Waals surface area contributed by atoms with Gasteiger partial charge in [-0.15, -0.1) is 0 Å². The lowest BCUT2D eigenvalue weighted by Crippen LogP contribution is -2.50. The minimum atomic E-state index is -1.71. The standard InChI is InChI=1S/C19H32NO3P/c1-2-3-4-5-6-7-8-17-9-11-18(12-10-17)13-14-19(20)15-22-24(21)23-16-19/h9-12,21H,2-8,13-16,20H2,1H3. The molecule has 1 aromatic carbocycles. The van der Waals surface area contributed by atoms with Crippen molar-refractivity contribution in [2.24, 2.45) is 5.73 Å². The second kappa shape index (κ2) is 10.5. The topological polar surface area (TPSA) is 64.7 Å². The molecular formula is C19H32NO3P. The molecule has 0 amide bonds. The van der Waals surface area contributed by atoms with Crippen molar-refractivity contribution < 1.29 is 13.9 Å². The van der Waals surface area contributed by atoms with Crippen LogP contribution >= 0.6 is 8.60 Å². The van der Waals surface area contributed by atoms with Gasteiger partial charge in [-0.2, -0.15) is 0 Å². The first-order valence-corrected chi connectivity index (χ1v) is 10.4. The number of nitrogens with two attached hydrogens (primary N) is 1. The van der Waals surface area contributed by atoms with Crippen LogP contribution in [0, 0.1) is 0 Å². The summed E-state index contributed by atoms with van der Waals surface area (Å²) < 4.78 is 10.3. The third-order valence-electron chi connectivity index (χ3n) is 4.68. The van der Waals surface area contributed by atoms with Gasteiger partial charge in [-0.25, -0.2) is 0 Å². The fourth-order valence-corrected chi connectivity index (χ4v) is 3.78. The molecule has 1 saturated heterocycles. The number of aryl methyl sites for hydroxylation is 2. The zero-order valence-electron chi connectivity index (χ0n) is 14.9. The first kappa shape index (κ1) is 19.8. The largest absolute Gasteiger partial charge is 0.329 e. The summed E-state index contributed by atoms with van der Waals surface area (Å²) in [6.07, 6.45) is 10.9. The van der Waals surface area contributed by atoms with E-state index in [1.165, 1.54) is 56.1 Å². The van der Waals surface area contributed by atoms with Crippen LogP contribution in [-0.4, -0.2) is 23.6 Å². The van der Waals surface area contributed by atoms with Gasteiger partial charge in [0.05, 0.1) is 18.8 Å². The highest BCUT2D eigenvalue weighted by Crippen LogP contribution is 2.39. The predicted octanol–water partition coefficient (Wildman–Crippen LogP) is 4.49. The first-order valence-electron chi connectivity index (χ1n) is 9.23. The molecule has 0 radical (unpaired) electrons. The molecule has 1 aliphatic heterocycles. The summed E-state index contributed by atoms with van der Waals surface area (Å²) in [5.41, 5.74) is 8.49. The summed E-state index contributed by atoms with van der Waals surface area (Å²) in [5, 5.41) is 0. The highest BCUT2D eigenvalue weighted by atomic mass is 31.2. The number of hydrogen-bond donors (Lipinski definition) is 2. The average Bonchev–Trinajstić information content (AvgIpc) is 2.60. The van der Waals surface area contributed by atoms with Gasteiger partial charge in [0.15, 0.2) is 0 Å². The normalized spacial score (nSPS) is 24.2. The Labute approximate surface area is 147 Å². The third kappa shape index (κ3) is 7.16. The van der Waals surface area contributed by atoms with E-state index in [4.69, 9.17) is 14.8 Å². The Morgan fingerprint density at radius 1 is 0.958 bits per heavy atom. The molecular weight excluding hydrogens is 321 g/mol. The lowest BCUT2D eigenvalue weighted by molar-refractivity contribution is 0.0648. The first-order chi connectivity index (χ1) is 11.6. The fraction of sp³-hybridized carbons (Fsp3) is 0.684. The Kier molecular flexibility index (Phi) is 8.65. The van der Waals surface area contributed by atoms with Gasteiger partial charge < -0.3 is 19.7 Å². The van der Waals surface area contributed by atoms with E-state index in [0.29, 0.717) is 13.2 Å². The van der Waals surface area contributed by atoms with Crippen molar-refractivity contribution in [1.82, 2.24) is 0 Å². The van der Waals surface area contributed by atoms with E-state index in [-0.39, 0.29) is 0 Å². The molecule has 3 N–H and O–H groups in total. The van der Waals surface area contributed by atoms with E-state index < -0.39 is 14.1 Å². The van der Waals surface area contributed by atoms with Crippen LogP contribution in [-0.2, 0) is 21.9 Å². The van der Waals surface area contributed by atoms with Crippen molar-refractivity contribution in [3.8, 4) is 0 Å². The van der Waals surface area contributed by atoms with Crippen molar-refractivity contribution in [3.63, 3.8) is 0 Å². The molecule has 0 saturated carbocycles. The number of benzene rings is 1. The van der Waals surface area contributed by atoms with Crippen LogP contribution in [0.15, 0.2) is 24.3 Å². The Morgan fingerprint density at radius 3 is 2.12 bits per heavy atom. The molecule has 2 rings (SSSR count). The summed E-state index contributed by atoms with van der Waals surface area (Å²) in [5.74, 6) is 0. The zero-order chi connectivity index (χ0) is 17.3. The van der Waals surface area contributed by atoms with Crippen molar-refractivity contribution in [1.29, 1.82) is 0 Å². The van der Waals surface area contributed by atoms with Crippen LogP contribution < -0.4 is 5.73 Å². The smallest absolute Gasteiger partial charge is 0.328 e. The number of rotatable bonds is 10. The van der Waals surface area contributed by atoms with Crippen LogP contribution in [0.25, 0.3) is 0 Å². The molecule has 24 heavy (non-hydrogen) atoms. The van der Waals surface area contributed by atoms with Gasteiger partial charge in [0, 0.05) is 0 Å². The Morgan fingerprint density at radius 2 is 1.50 bits per heavy atom. The molecule has 0 aromatic heterocycles. The van der Waals surface area contributed by atoms with E-state index in [1.54, 1.807) is 0 Å². The van der Waals surface area contributed by atoms with Gasteiger partial charge in [-0.05, 0) is 36.8 Å². The van der Waals surface area contributed by atoms with E-state index in [0.717, 1.165) is 12.8 Å². The quantitative estimate of drug-likeness (QED) is 0.481. The lowest BCUT2D eigenvalue weighted by Gasteiger charge is -2.34. The SMILES string of the molecule is CCCCCCCCc1ccc(CCC2(N)COP(O)OC2)cc1. The van der Waals surface area contributed by atoms with Crippen LogP contribution in [0.5, 0.6) is 0 Å². The zero-order valence-corrected chi connectivity index (χ0v) is 15.8. The van der Waals surface area contributed by atoms with Gasteiger partial charge >= 0.3 is 8.60 Å². The molecule has 4 nitrogen and oxygen atoms in total. The molecule has 1 heterocycles. The predicted molar refractivity (Wildman–Crippen MR) is 99.8 cm³/mol. The van der Waals surface area contributed by atoms with Crippen LogP contribution in [0.4, 0.5) is 0 Å². The van der Waals surface area contributed by atoms with Gasteiger partial charge in [0.25, 0.3) is 0 Å². The molecule has 136 valence electrons. The van der Waals surface area contributed by atoms with E-state index in [1.807, 2.05) is 0 Å². The van der Waals surface area contributed by atoms with Gasteiger partial charge in [0.1, 0.15) is 0 Å². The van der Waals surface area contributed by atoms with Gasteiger partial charge in [0.2, 0.25) is 0 Å². The molecule has 0 unspecified atom stereocenters. The highest BCUT2D eigenvalue weighted by molar-refractivity contribution is 7.40. The second-order valence-corrected chi connectivity index (χ2v) is 7.97. The van der Waals surface area contributed by atoms with Crippen molar-refractivity contribution in [2.45, 2.75) is 70.3 Å². The van der Waals surface area contributed by atoms with Gasteiger partial charge in [-0.1, -0.05) is 63.3 Å². The Bertz CT molecular complexity index is 458. The fourth-order valence-electron chi connectivity index (χ4n) is 2.97. The number of unbranched alkanes of at least 4 members (excludes halogenated alkanes) is 5. The van der Waals surface area contributed by atoms with E-state index >= 15 is 0 Å². The molecule has 5 heteroatoms. The van der Waals surface area contributed by atoms with Crippen LogP contribution in [0.2, 0.25) is 0 Å². The maximum absolute atomic E-state index is 9.25. The second-order valence-electron chi connectivity index (χ2n) is 6.98. The molecule has 0 bridgehead atoms. The summed E-state index contributed by atoms with van der Waals surface area (Å²) in [7, 11) is -1.71. The van der Waals surface area contributed by atoms with Gasteiger partial charge in [-0.3, -0.25) is 0 Å². The average molecular weight is 353 g/mol. The van der Waals surface area contributed by atoms with E-state index in [9.17, 15) is 4.89 Å². The van der Waals surface area contributed by atoms with Crippen LogP contribution in [0.1, 0.15) is 63.0 Å². The summed E-state index contributed by atoms with van der Waals surface area (Å²) >= 11 is 0. The van der Waals surface area contributed by atoms with E-state index in [2.05, 4.69) is 31.2 Å². The maximum Gasteiger partial charge on any atom is 0.329 e. The van der Waals surface area contributed by atoms with Crippen molar-refractivity contribution >= 4 is 8.60 Å². The Hall–Kier alpha value is -0.510. The monoisotopic (exact) mass is 353 g/mol. The molecule has 1 aliphatic rings. The van der Waals surface area contributed by atoms with Crippen molar-refractivity contribution in [2.75, 3.05) is 13.2 Å². The molecule has 1 fully saturated rings. The number of hydrogen-bond acceptors (Lipinski definition) is 4.